The third-order valence-electron chi connectivity index (χ3n) is 9.60. The molecule has 0 unspecified atom stereocenters. The Morgan fingerprint density at radius 2 is 1.41 bits per heavy atom. The number of piperidine rings is 1. The van der Waals surface area contributed by atoms with Gasteiger partial charge in [0.2, 0.25) is 0 Å². The van der Waals surface area contributed by atoms with Crippen molar-refractivity contribution in [1.82, 2.24) is 9.47 Å². The van der Waals surface area contributed by atoms with E-state index in [1.54, 1.807) is 12.1 Å². The summed E-state index contributed by atoms with van der Waals surface area (Å²) in [4.78, 5) is 15.2. The third kappa shape index (κ3) is 8.33. The molecule has 7 rings (SSSR count). The lowest BCUT2D eigenvalue weighted by Gasteiger charge is -2.25. The van der Waals surface area contributed by atoms with Crippen molar-refractivity contribution in [3.63, 3.8) is 0 Å². The van der Waals surface area contributed by atoms with E-state index in [0.29, 0.717) is 25.3 Å². The van der Waals surface area contributed by atoms with Crippen LogP contribution in [0.1, 0.15) is 51.9 Å². The third-order valence-corrected chi connectivity index (χ3v) is 9.60. The van der Waals surface area contributed by atoms with Crippen molar-refractivity contribution in [3.8, 4) is 22.8 Å². The zero-order valence-corrected chi connectivity index (χ0v) is 29.0. The molecule has 1 aromatic heterocycles. The van der Waals surface area contributed by atoms with Gasteiger partial charge in [-0.1, -0.05) is 79.2 Å². The van der Waals surface area contributed by atoms with E-state index in [4.69, 9.17) is 14.2 Å². The standard InChI is InChI=1S/C44H43FN2O4/c1-32-39-28-38(50-30-34-11-5-2-6-12-34)20-21-41(39)47(43(32)37-19-22-42(40(45)27-37)51-31-35-13-7-3-8-14-35)29-33-15-17-36(18-16-33)44(48)49-26-25-46-23-9-4-10-24-46/h2-3,5-8,11-22,27-28H,4,9-10,23-26,29-31H2,1H3. The van der Waals surface area contributed by atoms with Crippen LogP contribution < -0.4 is 9.47 Å². The van der Waals surface area contributed by atoms with E-state index in [1.165, 1.54) is 19.3 Å². The first kappa shape index (κ1) is 34.1. The molecule has 0 aliphatic carbocycles. The van der Waals surface area contributed by atoms with Gasteiger partial charge < -0.3 is 18.8 Å². The second kappa shape index (κ2) is 16.1. The number of esters is 1. The summed E-state index contributed by atoms with van der Waals surface area (Å²) in [6, 6.07) is 38.7. The van der Waals surface area contributed by atoms with Gasteiger partial charge in [-0.25, -0.2) is 9.18 Å². The normalized spacial score (nSPS) is 13.3. The van der Waals surface area contributed by atoms with Gasteiger partial charge in [0, 0.05) is 29.6 Å². The number of hydrogen-bond donors (Lipinski definition) is 0. The Hall–Kier alpha value is -5.40. The van der Waals surface area contributed by atoms with Gasteiger partial charge in [0.25, 0.3) is 0 Å². The maximum atomic E-state index is 15.6. The number of benzene rings is 5. The van der Waals surface area contributed by atoms with Crippen LogP contribution in [0.4, 0.5) is 4.39 Å². The Morgan fingerprint density at radius 1 is 0.725 bits per heavy atom. The van der Waals surface area contributed by atoms with Crippen LogP contribution in [0.15, 0.2) is 121 Å². The average Bonchev–Trinajstić information content (AvgIpc) is 3.44. The van der Waals surface area contributed by atoms with E-state index in [2.05, 4.69) is 28.5 Å². The van der Waals surface area contributed by atoms with Crippen molar-refractivity contribution < 1.29 is 23.4 Å². The van der Waals surface area contributed by atoms with Crippen LogP contribution in [-0.4, -0.2) is 41.7 Å². The zero-order valence-electron chi connectivity index (χ0n) is 29.0. The van der Waals surface area contributed by atoms with Crippen LogP contribution in [0.25, 0.3) is 22.2 Å². The number of aromatic nitrogens is 1. The largest absolute Gasteiger partial charge is 0.489 e. The van der Waals surface area contributed by atoms with E-state index in [0.717, 1.165) is 69.8 Å². The lowest BCUT2D eigenvalue weighted by molar-refractivity contribution is 0.0452. The van der Waals surface area contributed by atoms with E-state index in [9.17, 15) is 4.79 Å². The van der Waals surface area contributed by atoms with Gasteiger partial charge in [-0.2, -0.15) is 0 Å². The van der Waals surface area contributed by atoms with Crippen LogP contribution in [0.2, 0.25) is 0 Å². The zero-order chi connectivity index (χ0) is 35.0. The molecule has 5 aromatic carbocycles. The highest BCUT2D eigenvalue weighted by atomic mass is 19.1. The number of fused-ring (bicyclic) bond motifs is 1. The number of nitrogens with zero attached hydrogens (tertiary/aromatic N) is 2. The number of rotatable bonds is 13. The molecule has 260 valence electrons. The summed E-state index contributed by atoms with van der Waals surface area (Å²) < 4.78 is 35.5. The molecule has 6 nitrogen and oxygen atoms in total. The fraction of sp³-hybridized carbons (Fsp3) is 0.250. The summed E-state index contributed by atoms with van der Waals surface area (Å²) >= 11 is 0. The van der Waals surface area contributed by atoms with Crippen molar-refractivity contribution in [1.29, 1.82) is 0 Å². The summed E-state index contributed by atoms with van der Waals surface area (Å²) in [7, 11) is 0. The summed E-state index contributed by atoms with van der Waals surface area (Å²) in [6.45, 7) is 6.63. The topological polar surface area (TPSA) is 52.9 Å². The van der Waals surface area contributed by atoms with Crippen LogP contribution in [0, 0.1) is 12.7 Å². The highest BCUT2D eigenvalue weighted by molar-refractivity contribution is 5.93. The van der Waals surface area contributed by atoms with Gasteiger partial charge in [-0.3, -0.25) is 4.90 Å². The first-order chi connectivity index (χ1) is 25.0. The van der Waals surface area contributed by atoms with E-state index >= 15 is 4.39 Å². The molecule has 0 saturated carbocycles. The second-order valence-corrected chi connectivity index (χ2v) is 13.2. The number of hydrogen-bond acceptors (Lipinski definition) is 5. The summed E-state index contributed by atoms with van der Waals surface area (Å²) in [5.74, 6) is 0.235. The number of carbonyl (C=O) groups is 1. The van der Waals surface area contributed by atoms with Gasteiger partial charge >= 0.3 is 5.97 Å². The molecule has 1 aliphatic heterocycles. The molecule has 6 aromatic rings. The Kier molecular flexibility index (Phi) is 10.7. The van der Waals surface area contributed by atoms with E-state index < -0.39 is 5.82 Å². The van der Waals surface area contributed by atoms with Crippen molar-refractivity contribution in [2.45, 2.75) is 45.9 Å². The molecule has 0 spiro atoms. The molecule has 0 radical (unpaired) electrons. The molecule has 0 N–H and O–H groups in total. The van der Waals surface area contributed by atoms with Crippen molar-refractivity contribution in [3.05, 3.63) is 155 Å². The summed E-state index contributed by atoms with van der Waals surface area (Å²) in [5.41, 5.74) is 7.26. The van der Waals surface area contributed by atoms with Crippen LogP contribution in [0.5, 0.6) is 11.5 Å². The Bertz CT molecular complexity index is 2070. The summed E-state index contributed by atoms with van der Waals surface area (Å²) in [5, 5.41) is 1.02. The highest BCUT2D eigenvalue weighted by Gasteiger charge is 2.19. The van der Waals surface area contributed by atoms with Gasteiger partial charge in [-0.15, -0.1) is 0 Å². The van der Waals surface area contributed by atoms with Gasteiger partial charge in [0.1, 0.15) is 25.6 Å². The number of halogens is 1. The molecule has 0 bridgehead atoms. The predicted octanol–water partition coefficient (Wildman–Crippen LogP) is 9.60. The fourth-order valence-electron chi connectivity index (χ4n) is 6.83. The van der Waals surface area contributed by atoms with Gasteiger partial charge in [0.05, 0.1) is 11.3 Å². The van der Waals surface area contributed by atoms with Crippen molar-refractivity contribution in [2.24, 2.45) is 0 Å². The minimum atomic E-state index is -0.422. The van der Waals surface area contributed by atoms with Crippen LogP contribution in [-0.2, 0) is 24.5 Å². The minimum Gasteiger partial charge on any atom is -0.489 e. The lowest BCUT2D eigenvalue weighted by atomic mass is 10.1. The first-order valence-electron chi connectivity index (χ1n) is 17.8. The predicted molar refractivity (Wildman–Crippen MR) is 200 cm³/mol. The number of ether oxygens (including phenoxy) is 3. The lowest BCUT2D eigenvalue weighted by Crippen LogP contribution is -2.33. The van der Waals surface area contributed by atoms with Crippen LogP contribution in [0.3, 0.4) is 0 Å². The number of carbonyl (C=O) groups excluding carboxylic acids is 1. The maximum Gasteiger partial charge on any atom is 0.338 e. The number of aryl methyl sites for hydroxylation is 1. The molecule has 1 saturated heterocycles. The Balaban J connectivity index is 1.14. The molecule has 1 aliphatic rings. The molecular weight excluding hydrogens is 639 g/mol. The smallest absolute Gasteiger partial charge is 0.338 e. The Labute approximate surface area is 299 Å². The average molecular weight is 683 g/mol. The molecule has 7 heteroatoms. The molecule has 2 heterocycles. The number of likely N-dealkylation sites (tertiary alicyclic amines) is 1. The first-order valence-corrected chi connectivity index (χ1v) is 17.8. The fourth-order valence-corrected chi connectivity index (χ4v) is 6.83. The van der Waals surface area contributed by atoms with Gasteiger partial charge in [-0.05, 0) is 104 Å². The highest BCUT2D eigenvalue weighted by Crippen LogP contribution is 2.37. The quantitative estimate of drug-likeness (QED) is 0.114. The van der Waals surface area contributed by atoms with E-state index in [-0.39, 0.29) is 18.3 Å². The van der Waals surface area contributed by atoms with Crippen molar-refractivity contribution >= 4 is 16.9 Å². The second-order valence-electron chi connectivity index (χ2n) is 13.2. The molecule has 0 atom stereocenters. The molecule has 0 amide bonds. The Morgan fingerprint density at radius 3 is 2.10 bits per heavy atom. The van der Waals surface area contributed by atoms with Crippen LogP contribution >= 0.6 is 0 Å². The van der Waals surface area contributed by atoms with E-state index in [1.807, 2.05) is 97.1 Å². The molecular formula is C44H43FN2O4. The molecule has 51 heavy (non-hydrogen) atoms. The van der Waals surface area contributed by atoms with Gasteiger partial charge in [0.15, 0.2) is 11.6 Å². The minimum absolute atomic E-state index is 0.206. The SMILES string of the molecule is Cc1c(-c2ccc(OCc3ccccc3)c(F)c2)n(Cc2ccc(C(=O)OCCN3CCCCC3)cc2)c2ccc(OCc3ccccc3)cc12. The molecule has 1 fully saturated rings. The monoisotopic (exact) mass is 682 g/mol. The van der Waals surface area contributed by atoms with Crippen molar-refractivity contribution in [2.75, 3.05) is 26.2 Å². The maximum absolute atomic E-state index is 15.6. The summed E-state index contributed by atoms with van der Waals surface area (Å²) in [6.07, 6.45) is 3.69.